The van der Waals surface area contributed by atoms with E-state index in [1.807, 2.05) is 0 Å². The van der Waals surface area contributed by atoms with Gasteiger partial charge in [-0.2, -0.15) is 0 Å². The Kier molecular flexibility index (Phi) is 4.22. The summed E-state index contributed by atoms with van der Waals surface area (Å²) >= 11 is 0. The molecule has 3 N–H and O–H groups in total. The van der Waals surface area contributed by atoms with Crippen molar-refractivity contribution in [3.63, 3.8) is 0 Å². The molecule has 0 saturated carbocycles. The first-order valence-corrected chi connectivity index (χ1v) is 6.32. The molecule has 0 saturated heterocycles. The van der Waals surface area contributed by atoms with Crippen LogP contribution in [0.4, 0.5) is 10.5 Å². The normalized spacial score (nSPS) is 10.2. The molecule has 110 valence electrons. The fraction of sp³-hybridized carbons (Fsp3) is 0.214. The highest BCUT2D eigenvalue weighted by Crippen LogP contribution is 2.19. The van der Waals surface area contributed by atoms with Crippen LogP contribution in [0.5, 0.6) is 0 Å². The third kappa shape index (κ3) is 3.38. The first-order chi connectivity index (χ1) is 9.99. The Labute approximate surface area is 121 Å². The molecule has 0 unspecified atom stereocenters. The van der Waals surface area contributed by atoms with E-state index in [1.165, 1.54) is 11.0 Å². The quantitative estimate of drug-likeness (QED) is 0.802. The molecule has 0 aliphatic heterocycles. The zero-order valence-corrected chi connectivity index (χ0v) is 11.8. The van der Waals surface area contributed by atoms with Crippen LogP contribution in [-0.2, 0) is 6.54 Å². The second-order valence-corrected chi connectivity index (χ2v) is 4.61. The Morgan fingerprint density at radius 3 is 2.81 bits per heavy atom. The minimum atomic E-state index is -1.02. The van der Waals surface area contributed by atoms with E-state index in [4.69, 9.17) is 5.11 Å². The van der Waals surface area contributed by atoms with Crippen molar-refractivity contribution in [1.82, 2.24) is 14.9 Å². The smallest absolute Gasteiger partial charge is 0.336 e. The SMILES string of the molecule is Cc1c(NC(=O)N(C)Cc2ncc[nH]2)cccc1C(=O)O. The largest absolute Gasteiger partial charge is 0.478 e. The topological polar surface area (TPSA) is 98.3 Å². The third-order valence-electron chi connectivity index (χ3n) is 3.09. The van der Waals surface area contributed by atoms with Gasteiger partial charge in [0.2, 0.25) is 0 Å². The summed E-state index contributed by atoms with van der Waals surface area (Å²) in [6.07, 6.45) is 3.29. The summed E-state index contributed by atoms with van der Waals surface area (Å²) < 4.78 is 0. The van der Waals surface area contributed by atoms with Crippen LogP contribution in [0.15, 0.2) is 30.6 Å². The van der Waals surface area contributed by atoms with Crippen molar-refractivity contribution in [2.45, 2.75) is 13.5 Å². The molecule has 1 aromatic heterocycles. The average Bonchev–Trinajstić information content (AvgIpc) is 2.93. The molecule has 0 spiro atoms. The summed E-state index contributed by atoms with van der Waals surface area (Å²) in [7, 11) is 1.63. The number of carboxylic acid groups (broad SMARTS) is 1. The minimum absolute atomic E-state index is 0.168. The monoisotopic (exact) mass is 288 g/mol. The van der Waals surface area contributed by atoms with Crippen LogP contribution in [0.25, 0.3) is 0 Å². The maximum atomic E-state index is 12.1. The van der Waals surface area contributed by atoms with Crippen molar-refractivity contribution in [1.29, 1.82) is 0 Å². The van der Waals surface area contributed by atoms with E-state index in [2.05, 4.69) is 15.3 Å². The molecule has 0 bridgehead atoms. The number of aromatic nitrogens is 2. The van der Waals surface area contributed by atoms with E-state index in [9.17, 15) is 9.59 Å². The molecule has 2 aromatic rings. The van der Waals surface area contributed by atoms with Gasteiger partial charge in [0.15, 0.2) is 0 Å². The summed E-state index contributed by atoms with van der Waals surface area (Å²) in [5.74, 6) is -0.351. The zero-order chi connectivity index (χ0) is 15.4. The van der Waals surface area contributed by atoms with Gasteiger partial charge < -0.3 is 20.3 Å². The molecule has 7 heteroatoms. The van der Waals surface area contributed by atoms with E-state index in [0.29, 0.717) is 23.6 Å². The van der Waals surface area contributed by atoms with E-state index < -0.39 is 5.97 Å². The maximum Gasteiger partial charge on any atom is 0.336 e. The van der Waals surface area contributed by atoms with Crippen molar-refractivity contribution in [2.24, 2.45) is 0 Å². The molecule has 1 aromatic carbocycles. The highest BCUT2D eigenvalue weighted by atomic mass is 16.4. The Morgan fingerprint density at radius 2 is 2.19 bits per heavy atom. The lowest BCUT2D eigenvalue weighted by atomic mass is 10.1. The molecular formula is C14H16N4O3. The second-order valence-electron chi connectivity index (χ2n) is 4.61. The van der Waals surface area contributed by atoms with Crippen molar-refractivity contribution in [3.8, 4) is 0 Å². The fourth-order valence-electron chi connectivity index (χ4n) is 1.89. The molecule has 0 aliphatic rings. The van der Waals surface area contributed by atoms with Crippen molar-refractivity contribution in [2.75, 3.05) is 12.4 Å². The van der Waals surface area contributed by atoms with E-state index >= 15 is 0 Å². The van der Waals surface area contributed by atoms with Crippen LogP contribution in [0.2, 0.25) is 0 Å². The van der Waals surface area contributed by atoms with Crippen LogP contribution in [-0.4, -0.2) is 39.0 Å². The highest BCUT2D eigenvalue weighted by molar-refractivity contribution is 5.95. The van der Waals surface area contributed by atoms with Crippen molar-refractivity contribution >= 4 is 17.7 Å². The fourth-order valence-corrected chi connectivity index (χ4v) is 1.89. The van der Waals surface area contributed by atoms with Crippen molar-refractivity contribution in [3.05, 3.63) is 47.5 Å². The number of imidazole rings is 1. The lowest BCUT2D eigenvalue weighted by Crippen LogP contribution is -2.31. The number of urea groups is 1. The number of carbonyl (C=O) groups excluding carboxylic acids is 1. The van der Waals surface area contributed by atoms with Gasteiger partial charge in [0, 0.05) is 25.1 Å². The van der Waals surface area contributed by atoms with Gasteiger partial charge in [-0.3, -0.25) is 0 Å². The average molecular weight is 288 g/mol. The number of carbonyl (C=O) groups is 2. The summed E-state index contributed by atoms with van der Waals surface area (Å²) in [4.78, 5) is 31.6. The van der Waals surface area contributed by atoms with Crippen LogP contribution >= 0.6 is 0 Å². The Hall–Kier alpha value is -2.83. The Balaban J connectivity index is 2.09. The number of rotatable bonds is 4. The predicted octanol–water partition coefficient (Wildman–Crippen LogP) is 2.08. The zero-order valence-electron chi connectivity index (χ0n) is 11.8. The molecule has 0 aliphatic carbocycles. The first-order valence-electron chi connectivity index (χ1n) is 6.32. The van der Waals surface area contributed by atoms with Crippen LogP contribution in [0.1, 0.15) is 21.7 Å². The van der Waals surface area contributed by atoms with Gasteiger partial charge >= 0.3 is 12.0 Å². The standard InChI is InChI=1S/C14H16N4O3/c1-9-10(13(19)20)4-3-5-11(9)17-14(21)18(2)8-12-15-6-7-16-12/h3-7H,8H2,1-2H3,(H,15,16)(H,17,21)(H,19,20). The van der Waals surface area contributed by atoms with Crippen LogP contribution in [0.3, 0.4) is 0 Å². The predicted molar refractivity (Wildman–Crippen MR) is 77.2 cm³/mol. The maximum absolute atomic E-state index is 12.1. The highest BCUT2D eigenvalue weighted by Gasteiger charge is 2.14. The van der Waals surface area contributed by atoms with E-state index in [0.717, 1.165) is 0 Å². The van der Waals surface area contributed by atoms with E-state index in [-0.39, 0.29) is 11.6 Å². The van der Waals surface area contributed by atoms with Gasteiger partial charge in [0.1, 0.15) is 5.82 Å². The van der Waals surface area contributed by atoms with Gasteiger partial charge in [-0.1, -0.05) is 6.07 Å². The van der Waals surface area contributed by atoms with Gasteiger partial charge in [-0.25, -0.2) is 14.6 Å². The van der Waals surface area contributed by atoms with Gasteiger partial charge in [-0.15, -0.1) is 0 Å². The van der Waals surface area contributed by atoms with Crippen molar-refractivity contribution < 1.29 is 14.7 Å². The molecule has 2 amide bonds. The number of hydrogen-bond donors (Lipinski definition) is 3. The molecule has 0 atom stereocenters. The van der Waals surface area contributed by atoms with E-state index in [1.54, 1.807) is 38.5 Å². The van der Waals surface area contributed by atoms with Gasteiger partial charge in [0.25, 0.3) is 0 Å². The molecule has 7 nitrogen and oxygen atoms in total. The number of carboxylic acids is 1. The molecule has 21 heavy (non-hydrogen) atoms. The third-order valence-corrected chi connectivity index (χ3v) is 3.09. The number of nitrogens with one attached hydrogen (secondary N) is 2. The lowest BCUT2D eigenvalue weighted by Gasteiger charge is -2.18. The summed E-state index contributed by atoms with van der Waals surface area (Å²) in [6, 6.07) is 4.43. The number of hydrogen-bond acceptors (Lipinski definition) is 3. The summed E-state index contributed by atoms with van der Waals surface area (Å²) in [5, 5.41) is 11.8. The number of aromatic amines is 1. The molecular weight excluding hydrogens is 272 g/mol. The lowest BCUT2D eigenvalue weighted by molar-refractivity contribution is 0.0696. The molecule has 0 fully saturated rings. The number of H-pyrrole nitrogens is 1. The molecule has 0 radical (unpaired) electrons. The number of amides is 2. The number of anilines is 1. The summed E-state index contributed by atoms with van der Waals surface area (Å²) in [5.41, 5.74) is 1.16. The van der Waals surface area contributed by atoms with Gasteiger partial charge in [-0.05, 0) is 24.6 Å². The molecule has 2 rings (SSSR count). The first kappa shape index (κ1) is 14.6. The second kappa shape index (κ2) is 6.08. The van der Waals surface area contributed by atoms with Crippen LogP contribution in [0, 0.1) is 6.92 Å². The Morgan fingerprint density at radius 1 is 1.43 bits per heavy atom. The minimum Gasteiger partial charge on any atom is -0.478 e. The number of aromatic carboxylic acids is 1. The van der Waals surface area contributed by atoms with Gasteiger partial charge in [0.05, 0.1) is 12.1 Å². The Bertz CT molecular complexity index is 652. The van der Waals surface area contributed by atoms with Crippen LogP contribution < -0.4 is 5.32 Å². The number of benzene rings is 1. The summed E-state index contributed by atoms with van der Waals surface area (Å²) in [6.45, 7) is 1.99. The number of nitrogens with zero attached hydrogens (tertiary/aromatic N) is 2. The molecule has 1 heterocycles.